The number of benzene rings is 2. The first-order chi connectivity index (χ1) is 16.9. The summed E-state index contributed by atoms with van der Waals surface area (Å²) in [7, 11) is 0. The molecule has 0 radical (unpaired) electrons. The molecule has 0 atom stereocenters. The number of anilines is 1. The van der Waals surface area contributed by atoms with Crippen molar-refractivity contribution in [2.45, 2.75) is 18.9 Å². The Morgan fingerprint density at radius 1 is 1.23 bits per heavy atom. The van der Waals surface area contributed by atoms with E-state index in [1.807, 2.05) is 0 Å². The van der Waals surface area contributed by atoms with Gasteiger partial charge in [0.15, 0.2) is 18.2 Å². The van der Waals surface area contributed by atoms with Crippen LogP contribution in [0.5, 0.6) is 11.5 Å². The van der Waals surface area contributed by atoms with Gasteiger partial charge in [-0.3, -0.25) is 14.6 Å². The predicted octanol–water partition coefficient (Wildman–Crippen LogP) is 2.98. The Bertz CT molecular complexity index is 1240. The minimum Gasteiger partial charge on any atom is -0.490 e. The first-order valence-electron chi connectivity index (χ1n) is 11.3. The van der Waals surface area contributed by atoms with Gasteiger partial charge in [0.1, 0.15) is 11.6 Å². The Labute approximate surface area is 200 Å². The number of ether oxygens (including phenoxy) is 2. The Morgan fingerprint density at radius 3 is 2.74 bits per heavy atom. The Hall–Kier alpha value is -3.95. The first-order valence-corrected chi connectivity index (χ1v) is 11.3. The predicted molar refractivity (Wildman–Crippen MR) is 125 cm³/mol. The number of fused-ring (bicyclic) bond motifs is 1. The number of hydrogen-bond acceptors (Lipinski definition) is 6. The van der Waals surface area contributed by atoms with E-state index < -0.39 is 17.5 Å². The number of rotatable bonds is 7. The van der Waals surface area contributed by atoms with E-state index in [-0.39, 0.29) is 47.8 Å². The minimum absolute atomic E-state index is 0.0214. The summed E-state index contributed by atoms with van der Waals surface area (Å²) in [5.74, 6) is -1.84. The molecule has 1 saturated carbocycles. The fraction of sp³-hybridized carbons (Fsp3) is 0.320. The third-order valence-electron chi connectivity index (χ3n) is 6.07. The highest BCUT2D eigenvalue weighted by molar-refractivity contribution is 6.09. The van der Waals surface area contributed by atoms with Gasteiger partial charge in [0, 0.05) is 43.1 Å². The van der Waals surface area contributed by atoms with E-state index in [1.54, 1.807) is 18.3 Å². The number of hydrogen-bond donors (Lipinski definition) is 2. The fourth-order valence-electron chi connectivity index (χ4n) is 3.91. The maximum absolute atomic E-state index is 14.6. The molecule has 182 valence electrons. The van der Waals surface area contributed by atoms with E-state index in [9.17, 15) is 18.4 Å². The molecule has 2 aromatic rings. The minimum atomic E-state index is -0.722. The van der Waals surface area contributed by atoms with Crippen LogP contribution >= 0.6 is 0 Å². The third kappa shape index (κ3) is 4.96. The summed E-state index contributed by atoms with van der Waals surface area (Å²) in [6.45, 7) is 0.695. The summed E-state index contributed by atoms with van der Waals surface area (Å²) in [4.78, 5) is 30.1. The van der Waals surface area contributed by atoms with Gasteiger partial charge in [0.25, 0.3) is 11.8 Å². The van der Waals surface area contributed by atoms with Crippen LogP contribution in [0.2, 0.25) is 0 Å². The number of likely N-dealkylation sites (tertiary alicyclic amines) is 1. The molecular formula is C25H24F2N4O4. The number of halogens is 2. The summed E-state index contributed by atoms with van der Waals surface area (Å²) in [5, 5.41) is 2.56. The number of nitrogens with zero attached hydrogens (tertiary/aromatic N) is 2. The van der Waals surface area contributed by atoms with Crippen LogP contribution in [0.4, 0.5) is 14.5 Å². The van der Waals surface area contributed by atoms with E-state index >= 15 is 0 Å². The van der Waals surface area contributed by atoms with Crippen LogP contribution in [0.15, 0.2) is 41.5 Å². The highest BCUT2D eigenvalue weighted by Gasteiger charge is 2.34. The number of nitrogens with two attached hydrogens (primary N) is 1. The lowest BCUT2D eigenvalue weighted by Crippen LogP contribution is -2.52. The van der Waals surface area contributed by atoms with Crippen LogP contribution in [0.1, 0.15) is 28.8 Å². The van der Waals surface area contributed by atoms with Crippen molar-refractivity contribution < 1.29 is 27.8 Å². The second kappa shape index (κ2) is 9.36. The van der Waals surface area contributed by atoms with Crippen molar-refractivity contribution in [2.24, 2.45) is 16.6 Å². The lowest BCUT2D eigenvalue weighted by molar-refractivity contribution is -0.118. The number of aliphatic imine (C=N–C) groups is 1. The molecule has 3 aliphatic rings. The van der Waals surface area contributed by atoms with E-state index in [0.29, 0.717) is 30.3 Å². The SMILES string of the molecule is NC=C(C=NC1CC1)c1ccc(OCC2CN(C(=O)c3cc4c(cc3F)OCC(=O)N4)C2)c(F)c1. The normalized spacial score (nSPS) is 18.1. The molecule has 2 heterocycles. The molecule has 1 aliphatic carbocycles. The molecule has 8 nitrogen and oxygen atoms in total. The Balaban J connectivity index is 1.15. The second-order valence-corrected chi connectivity index (χ2v) is 8.83. The molecule has 2 fully saturated rings. The van der Waals surface area contributed by atoms with Crippen molar-refractivity contribution in [3.05, 3.63) is 59.3 Å². The van der Waals surface area contributed by atoms with E-state index in [1.165, 1.54) is 23.2 Å². The molecule has 10 heteroatoms. The van der Waals surface area contributed by atoms with Gasteiger partial charge in [-0.25, -0.2) is 8.78 Å². The molecule has 2 aromatic carbocycles. The van der Waals surface area contributed by atoms with Crippen LogP contribution in [0.3, 0.4) is 0 Å². The number of amides is 2. The van der Waals surface area contributed by atoms with Crippen molar-refractivity contribution in [2.75, 3.05) is 31.6 Å². The van der Waals surface area contributed by atoms with Crippen molar-refractivity contribution in [1.29, 1.82) is 0 Å². The summed E-state index contributed by atoms with van der Waals surface area (Å²) in [6, 6.07) is 7.32. The molecule has 0 unspecified atom stereocenters. The zero-order chi connectivity index (χ0) is 24.5. The molecule has 0 bridgehead atoms. The van der Waals surface area contributed by atoms with Crippen molar-refractivity contribution in [3.8, 4) is 11.5 Å². The van der Waals surface area contributed by atoms with Gasteiger partial charge < -0.3 is 25.4 Å². The van der Waals surface area contributed by atoms with Crippen LogP contribution in [0, 0.1) is 17.6 Å². The third-order valence-corrected chi connectivity index (χ3v) is 6.07. The van der Waals surface area contributed by atoms with Crippen molar-refractivity contribution in [3.63, 3.8) is 0 Å². The maximum Gasteiger partial charge on any atom is 0.262 e. The van der Waals surface area contributed by atoms with Crippen LogP contribution < -0.4 is 20.5 Å². The monoisotopic (exact) mass is 482 g/mol. The van der Waals surface area contributed by atoms with E-state index in [2.05, 4.69) is 10.3 Å². The number of nitrogens with one attached hydrogen (secondary N) is 1. The van der Waals surface area contributed by atoms with Gasteiger partial charge in [-0.1, -0.05) is 6.07 Å². The number of allylic oxidation sites excluding steroid dienone is 1. The van der Waals surface area contributed by atoms with Crippen LogP contribution in [-0.4, -0.2) is 55.3 Å². The van der Waals surface area contributed by atoms with Gasteiger partial charge in [-0.15, -0.1) is 0 Å². The number of carbonyl (C=O) groups is 2. The summed E-state index contributed by atoms with van der Waals surface area (Å²) in [6.07, 6.45) is 5.19. The van der Waals surface area contributed by atoms with E-state index in [4.69, 9.17) is 15.2 Å². The second-order valence-electron chi connectivity index (χ2n) is 8.83. The summed E-state index contributed by atoms with van der Waals surface area (Å²) >= 11 is 0. The summed E-state index contributed by atoms with van der Waals surface area (Å²) in [5.41, 5.74) is 7.02. The quantitative estimate of drug-likeness (QED) is 0.591. The van der Waals surface area contributed by atoms with Crippen LogP contribution in [0.25, 0.3) is 5.57 Å². The van der Waals surface area contributed by atoms with Gasteiger partial charge in [-0.2, -0.15) is 0 Å². The van der Waals surface area contributed by atoms with Gasteiger partial charge >= 0.3 is 0 Å². The molecule has 35 heavy (non-hydrogen) atoms. The van der Waals surface area contributed by atoms with Crippen LogP contribution in [-0.2, 0) is 4.79 Å². The smallest absolute Gasteiger partial charge is 0.262 e. The highest BCUT2D eigenvalue weighted by atomic mass is 19.1. The standard InChI is InChI=1S/C25H24F2N4O4/c26-19-7-23-21(30-24(32)13-35-23)6-18(19)25(33)31-10-14(11-31)12-34-22-4-1-15(5-20(22)27)16(8-28)9-29-17-2-3-17/h1,4-9,14,17H,2-3,10-13,28H2,(H,30,32). The van der Waals surface area contributed by atoms with Gasteiger partial charge in [0.05, 0.1) is 23.9 Å². The van der Waals surface area contributed by atoms with Crippen molar-refractivity contribution in [1.82, 2.24) is 4.90 Å². The Kier molecular flexibility index (Phi) is 6.10. The van der Waals surface area contributed by atoms with E-state index in [0.717, 1.165) is 18.9 Å². The topological polar surface area (TPSA) is 106 Å². The Morgan fingerprint density at radius 2 is 2.03 bits per heavy atom. The lowest BCUT2D eigenvalue weighted by atomic mass is 9.99. The average Bonchev–Trinajstić information content (AvgIpc) is 3.63. The highest BCUT2D eigenvalue weighted by Crippen LogP contribution is 2.32. The largest absolute Gasteiger partial charge is 0.490 e. The zero-order valence-electron chi connectivity index (χ0n) is 18.8. The molecule has 1 saturated heterocycles. The molecule has 2 amide bonds. The number of carbonyl (C=O) groups excluding carboxylic acids is 2. The van der Waals surface area contributed by atoms with Crippen molar-refractivity contribution >= 4 is 29.3 Å². The average molecular weight is 482 g/mol. The lowest BCUT2D eigenvalue weighted by Gasteiger charge is -2.39. The van der Waals surface area contributed by atoms with Gasteiger partial charge in [0.2, 0.25) is 0 Å². The zero-order valence-corrected chi connectivity index (χ0v) is 18.8. The molecular weight excluding hydrogens is 458 g/mol. The molecule has 5 rings (SSSR count). The summed E-state index contributed by atoms with van der Waals surface area (Å²) < 4.78 is 39.8. The first kappa shape index (κ1) is 22.8. The maximum atomic E-state index is 14.6. The molecule has 0 aromatic heterocycles. The fourth-order valence-corrected chi connectivity index (χ4v) is 3.91. The van der Waals surface area contributed by atoms with Gasteiger partial charge in [-0.05, 0) is 36.6 Å². The molecule has 3 N–H and O–H groups in total. The molecule has 2 aliphatic heterocycles. The molecule has 0 spiro atoms.